The minimum absolute atomic E-state index is 0.0107. The molecule has 3 N–H and O–H groups in total. The molecule has 1 aromatic carbocycles. The van der Waals surface area contributed by atoms with Gasteiger partial charge in [-0.3, -0.25) is 4.79 Å². The number of likely N-dealkylation sites (tertiary alicyclic amines) is 1. The molecule has 2 aliphatic rings. The summed E-state index contributed by atoms with van der Waals surface area (Å²) in [5.41, 5.74) is 9.82. The number of carbonyl (C=O) groups is 1. The lowest BCUT2D eigenvalue weighted by Crippen LogP contribution is -2.41. The summed E-state index contributed by atoms with van der Waals surface area (Å²) in [6, 6.07) is 9.06. The first-order valence-corrected chi connectivity index (χ1v) is 10.9. The van der Waals surface area contributed by atoms with Gasteiger partial charge in [0, 0.05) is 19.1 Å². The lowest BCUT2D eigenvalue weighted by Gasteiger charge is -2.31. The molecule has 0 bridgehead atoms. The van der Waals surface area contributed by atoms with E-state index >= 15 is 0 Å². The second-order valence-electron chi connectivity index (χ2n) is 8.36. The Bertz CT molecular complexity index is 1130. The molecule has 1 amide bonds. The maximum absolute atomic E-state index is 11.9. The van der Waals surface area contributed by atoms with Crippen molar-refractivity contribution in [1.29, 1.82) is 0 Å². The van der Waals surface area contributed by atoms with Gasteiger partial charge in [-0.05, 0) is 49.3 Å². The summed E-state index contributed by atoms with van der Waals surface area (Å²) < 4.78 is 2.03. The number of amides is 1. The summed E-state index contributed by atoms with van der Waals surface area (Å²) in [7, 11) is 0. The van der Waals surface area contributed by atoms with Crippen molar-refractivity contribution >= 4 is 28.6 Å². The molecule has 0 spiro atoms. The number of nitrogens with one attached hydrogen (secondary N) is 1. The zero-order valence-corrected chi connectivity index (χ0v) is 17.5. The van der Waals surface area contributed by atoms with E-state index in [1.54, 1.807) is 0 Å². The number of nitrogen functional groups attached to an aromatic ring is 1. The van der Waals surface area contributed by atoms with E-state index in [1.807, 2.05) is 9.58 Å². The Labute approximate surface area is 181 Å². The lowest BCUT2D eigenvalue weighted by molar-refractivity contribution is -0.126. The molecule has 2 aromatic heterocycles. The number of carbonyl (C=O) groups excluding carboxylic acids is 1. The highest BCUT2D eigenvalue weighted by Gasteiger charge is 2.27. The monoisotopic (exact) mass is 417 g/mol. The zero-order valence-electron chi connectivity index (χ0n) is 17.5. The van der Waals surface area contributed by atoms with Crippen molar-refractivity contribution < 1.29 is 4.79 Å². The Morgan fingerprint density at radius 2 is 1.94 bits per heavy atom. The fourth-order valence-corrected chi connectivity index (χ4v) is 4.80. The number of fused-ring (bicyclic) bond motifs is 2. The van der Waals surface area contributed by atoms with Crippen LogP contribution in [0.5, 0.6) is 0 Å². The predicted molar refractivity (Wildman–Crippen MR) is 121 cm³/mol. The Morgan fingerprint density at radius 1 is 1.16 bits per heavy atom. The molecule has 31 heavy (non-hydrogen) atoms. The molecule has 3 aromatic rings. The summed E-state index contributed by atoms with van der Waals surface area (Å²) >= 11 is 0. The van der Waals surface area contributed by atoms with Crippen molar-refractivity contribution in [3.8, 4) is 0 Å². The van der Waals surface area contributed by atoms with Gasteiger partial charge in [-0.1, -0.05) is 30.8 Å². The molecule has 1 aliphatic carbocycles. The summed E-state index contributed by atoms with van der Waals surface area (Å²) in [4.78, 5) is 22.4. The largest absolute Gasteiger partial charge is 0.383 e. The molecule has 1 fully saturated rings. The Morgan fingerprint density at radius 3 is 2.71 bits per heavy atom. The molecule has 0 saturated carbocycles. The molecular weight excluding hydrogens is 390 g/mol. The molecule has 1 unspecified atom stereocenters. The number of nitrogens with zero attached hydrogens (tertiary/aromatic N) is 5. The van der Waals surface area contributed by atoms with Crippen molar-refractivity contribution in [3.63, 3.8) is 0 Å². The SMILES string of the molecule is C=CC(=O)N1CCC(Nc2nn(C3CCc4ccccc4C3)c3ncnc(N)c23)CC1. The third-order valence-electron chi connectivity index (χ3n) is 6.51. The van der Waals surface area contributed by atoms with Crippen LogP contribution in [-0.2, 0) is 17.6 Å². The molecular formula is C23H27N7O. The van der Waals surface area contributed by atoms with E-state index < -0.39 is 0 Å². The Hall–Kier alpha value is -3.42. The van der Waals surface area contributed by atoms with Gasteiger partial charge >= 0.3 is 0 Å². The van der Waals surface area contributed by atoms with Gasteiger partial charge in [0.25, 0.3) is 0 Å². The number of aromatic nitrogens is 4. The van der Waals surface area contributed by atoms with Gasteiger partial charge in [0.2, 0.25) is 5.91 Å². The maximum atomic E-state index is 11.9. The first-order chi connectivity index (χ1) is 15.1. The van der Waals surface area contributed by atoms with E-state index in [4.69, 9.17) is 10.8 Å². The number of aryl methyl sites for hydroxylation is 1. The highest BCUT2D eigenvalue weighted by atomic mass is 16.2. The van der Waals surface area contributed by atoms with Crippen molar-refractivity contribution in [2.24, 2.45) is 0 Å². The first kappa shape index (κ1) is 19.5. The van der Waals surface area contributed by atoms with Crippen molar-refractivity contribution in [2.75, 3.05) is 24.1 Å². The highest BCUT2D eigenvalue weighted by molar-refractivity contribution is 5.96. The van der Waals surface area contributed by atoms with Gasteiger partial charge in [0.1, 0.15) is 17.5 Å². The van der Waals surface area contributed by atoms with Gasteiger partial charge < -0.3 is 16.0 Å². The molecule has 1 atom stereocenters. The van der Waals surface area contributed by atoms with Gasteiger partial charge in [0.15, 0.2) is 11.5 Å². The number of anilines is 2. The lowest BCUT2D eigenvalue weighted by atomic mass is 9.88. The van der Waals surface area contributed by atoms with E-state index in [9.17, 15) is 4.79 Å². The number of hydrogen-bond acceptors (Lipinski definition) is 6. The van der Waals surface area contributed by atoms with Gasteiger partial charge in [-0.15, -0.1) is 0 Å². The summed E-state index contributed by atoms with van der Waals surface area (Å²) in [5.74, 6) is 1.16. The van der Waals surface area contributed by atoms with E-state index in [0.717, 1.165) is 49.0 Å². The quantitative estimate of drug-likeness (QED) is 0.633. The van der Waals surface area contributed by atoms with Crippen molar-refractivity contribution in [3.05, 3.63) is 54.4 Å². The average Bonchev–Trinajstić information content (AvgIpc) is 3.18. The molecule has 160 valence electrons. The Kier molecular flexibility index (Phi) is 5.05. The maximum Gasteiger partial charge on any atom is 0.245 e. The number of rotatable bonds is 4. The van der Waals surface area contributed by atoms with Crippen molar-refractivity contribution in [2.45, 2.75) is 44.2 Å². The molecule has 5 rings (SSSR count). The van der Waals surface area contributed by atoms with Crippen LogP contribution in [0, 0.1) is 0 Å². The van der Waals surface area contributed by atoms with Crippen LogP contribution in [0.1, 0.15) is 36.4 Å². The molecule has 3 heterocycles. The summed E-state index contributed by atoms with van der Waals surface area (Å²) in [5, 5.41) is 9.29. The second kappa shape index (κ2) is 8.02. The molecule has 1 aliphatic heterocycles. The fraction of sp³-hybridized carbons (Fsp3) is 0.391. The molecule has 8 heteroatoms. The topological polar surface area (TPSA) is 102 Å². The minimum atomic E-state index is -0.0107. The van der Waals surface area contributed by atoms with E-state index in [1.165, 1.54) is 23.5 Å². The smallest absolute Gasteiger partial charge is 0.245 e. The van der Waals surface area contributed by atoms with Crippen LogP contribution in [0.25, 0.3) is 11.0 Å². The van der Waals surface area contributed by atoms with Crippen LogP contribution in [0.4, 0.5) is 11.6 Å². The minimum Gasteiger partial charge on any atom is -0.383 e. The molecule has 8 nitrogen and oxygen atoms in total. The van der Waals surface area contributed by atoms with Crippen LogP contribution < -0.4 is 11.1 Å². The van der Waals surface area contributed by atoms with Gasteiger partial charge in [-0.25, -0.2) is 14.6 Å². The predicted octanol–water partition coefficient (Wildman–Crippen LogP) is 2.73. The third-order valence-corrected chi connectivity index (χ3v) is 6.51. The summed E-state index contributed by atoms with van der Waals surface area (Å²) in [6.45, 7) is 4.98. The van der Waals surface area contributed by atoms with E-state index in [0.29, 0.717) is 18.9 Å². The number of piperidine rings is 1. The zero-order chi connectivity index (χ0) is 21.4. The number of nitrogens with two attached hydrogens (primary N) is 1. The molecule has 0 radical (unpaired) electrons. The second-order valence-corrected chi connectivity index (χ2v) is 8.36. The van der Waals surface area contributed by atoms with Crippen LogP contribution in [-0.4, -0.2) is 49.7 Å². The van der Waals surface area contributed by atoms with Crippen LogP contribution in [0.3, 0.4) is 0 Å². The van der Waals surface area contributed by atoms with Crippen LogP contribution in [0.15, 0.2) is 43.2 Å². The highest BCUT2D eigenvalue weighted by Crippen LogP contribution is 2.34. The number of benzene rings is 1. The Balaban J connectivity index is 1.41. The van der Waals surface area contributed by atoms with Gasteiger partial charge in [-0.2, -0.15) is 5.10 Å². The van der Waals surface area contributed by atoms with Gasteiger partial charge in [0.05, 0.1) is 6.04 Å². The van der Waals surface area contributed by atoms with E-state index in [2.05, 4.69) is 46.1 Å². The standard InChI is InChI=1S/C23H27N7O/c1-2-19(31)29-11-9-17(10-12-29)27-22-20-21(24)25-14-26-23(20)30(28-22)18-8-7-15-5-3-4-6-16(15)13-18/h2-6,14,17-18H,1,7-13H2,(H,27,28)(H2,24,25,26). The van der Waals surface area contributed by atoms with E-state index in [-0.39, 0.29) is 18.0 Å². The first-order valence-electron chi connectivity index (χ1n) is 10.9. The fourth-order valence-electron chi connectivity index (χ4n) is 4.80. The van der Waals surface area contributed by atoms with Crippen LogP contribution in [0.2, 0.25) is 0 Å². The number of hydrogen-bond donors (Lipinski definition) is 2. The summed E-state index contributed by atoms with van der Waals surface area (Å²) in [6.07, 6.45) is 7.55. The molecule has 1 saturated heterocycles. The van der Waals surface area contributed by atoms with Crippen molar-refractivity contribution in [1.82, 2.24) is 24.6 Å². The third kappa shape index (κ3) is 3.62. The van der Waals surface area contributed by atoms with Crippen LogP contribution >= 0.6 is 0 Å². The normalized spacial score (nSPS) is 19.2. The average molecular weight is 418 g/mol.